The van der Waals surface area contributed by atoms with Crippen LogP contribution in [-0.4, -0.2) is 24.6 Å². The number of ether oxygens (including phenoxy) is 1. The molecule has 0 spiro atoms. The van der Waals surface area contributed by atoms with E-state index in [9.17, 15) is 4.79 Å². The molecule has 2 aromatic rings. The maximum Gasteiger partial charge on any atom is 0.314 e. The molecular formula is C18H21N3O2. The van der Waals surface area contributed by atoms with Gasteiger partial charge in [-0.25, -0.2) is 0 Å². The second-order valence-electron chi connectivity index (χ2n) is 6.09. The van der Waals surface area contributed by atoms with E-state index in [1.807, 2.05) is 49.4 Å². The number of aromatic amines is 1. The standard InChI is InChI=1S/C18H21N3O2/c1-18(11-20-19)9-5-7-13(16(18)17(22)23-2)15-10-12-6-3-4-8-14(12)21-15/h3-10,16,20-21H,11,19H2,1-2H3/t16?,18-/m0/s1. The minimum absolute atomic E-state index is 0.267. The van der Waals surface area contributed by atoms with Gasteiger partial charge in [-0.2, -0.15) is 0 Å². The topological polar surface area (TPSA) is 80.1 Å². The van der Waals surface area contributed by atoms with E-state index >= 15 is 0 Å². The summed E-state index contributed by atoms with van der Waals surface area (Å²) in [6.45, 7) is 2.47. The highest BCUT2D eigenvalue weighted by atomic mass is 16.5. The van der Waals surface area contributed by atoms with Gasteiger partial charge < -0.3 is 9.72 Å². The Hall–Kier alpha value is -2.37. The van der Waals surface area contributed by atoms with Gasteiger partial charge in [-0.3, -0.25) is 16.1 Å². The number of H-pyrrole nitrogens is 1. The van der Waals surface area contributed by atoms with E-state index in [0.717, 1.165) is 22.2 Å². The third-order valence-corrected chi connectivity index (χ3v) is 4.48. The summed E-state index contributed by atoms with van der Waals surface area (Å²) in [5.41, 5.74) is 5.11. The molecule has 0 radical (unpaired) electrons. The summed E-state index contributed by atoms with van der Waals surface area (Å²) in [6.07, 6.45) is 5.93. The number of aromatic nitrogens is 1. The molecule has 0 saturated heterocycles. The summed E-state index contributed by atoms with van der Waals surface area (Å²) in [7, 11) is 1.42. The van der Waals surface area contributed by atoms with Crippen molar-refractivity contribution < 1.29 is 9.53 Å². The van der Waals surface area contributed by atoms with E-state index in [1.54, 1.807) is 0 Å². The van der Waals surface area contributed by atoms with Crippen LogP contribution in [0.15, 0.2) is 48.6 Å². The molecule has 0 aliphatic heterocycles. The second-order valence-corrected chi connectivity index (χ2v) is 6.09. The normalized spacial score (nSPS) is 23.8. The number of hydrazine groups is 1. The highest BCUT2D eigenvalue weighted by Gasteiger charge is 2.42. The Bertz CT molecular complexity index is 757. The number of methoxy groups -OCH3 is 1. The van der Waals surface area contributed by atoms with Crippen molar-refractivity contribution in [2.24, 2.45) is 17.2 Å². The minimum atomic E-state index is -0.455. The van der Waals surface area contributed by atoms with Crippen LogP contribution in [0.25, 0.3) is 16.5 Å². The maximum absolute atomic E-state index is 12.5. The number of rotatable bonds is 4. The predicted octanol–water partition coefficient (Wildman–Crippen LogP) is 2.38. The highest BCUT2D eigenvalue weighted by Crippen LogP contribution is 2.42. The van der Waals surface area contributed by atoms with E-state index in [-0.39, 0.29) is 5.97 Å². The number of para-hydroxylation sites is 1. The van der Waals surface area contributed by atoms with Crippen molar-refractivity contribution in [3.63, 3.8) is 0 Å². The number of esters is 1. The van der Waals surface area contributed by atoms with Gasteiger partial charge in [0.05, 0.1) is 13.0 Å². The Kier molecular flexibility index (Phi) is 4.07. The molecule has 1 heterocycles. The van der Waals surface area contributed by atoms with Crippen molar-refractivity contribution in [2.45, 2.75) is 6.92 Å². The number of nitrogens with two attached hydrogens (primary N) is 1. The lowest BCUT2D eigenvalue weighted by Gasteiger charge is -2.36. The molecule has 1 aliphatic rings. The van der Waals surface area contributed by atoms with E-state index < -0.39 is 11.3 Å². The average molecular weight is 311 g/mol. The number of carbonyl (C=O) groups is 1. The number of nitrogens with one attached hydrogen (secondary N) is 2. The Morgan fingerprint density at radius 2 is 2.22 bits per heavy atom. The van der Waals surface area contributed by atoms with Gasteiger partial charge in [0, 0.05) is 23.2 Å². The molecule has 0 amide bonds. The Morgan fingerprint density at radius 1 is 1.43 bits per heavy atom. The van der Waals surface area contributed by atoms with Gasteiger partial charge in [-0.15, -0.1) is 0 Å². The van der Waals surface area contributed by atoms with Gasteiger partial charge in [-0.05, 0) is 23.1 Å². The Morgan fingerprint density at radius 3 is 2.91 bits per heavy atom. The molecule has 120 valence electrons. The monoisotopic (exact) mass is 311 g/mol. The van der Waals surface area contributed by atoms with Crippen LogP contribution >= 0.6 is 0 Å². The van der Waals surface area contributed by atoms with Gasteiger partial charge in [0.15, 0.2) is 0 Å². The molecule has 1 aromatic heterocycles. The summed E-state index contributed by atoms with van der Waals surface area (Å²) in [5, 5.41) is 1.11. The molecule has 3 rings (SSSR count). The lowest BCUT2D eigenvalue weighted by molar-refractivity contribution is -0.146. The number of hydrogen-bond donors (Lipinski definition) is 3. The van der Waals surface area contributed by atoms with Crippen LogP contribution in [0.5, 0.6) is 0 Å². The molecule has 1 unspecified atom stereocenters. The zero-order valence-corrected chi connectivity index (χ0v) is 13.3. The van der Waals surface area contributed by atoms with Crippen LogP contribution in [0.2, 0.25) is 0 Å². The first kappa shape index (κ1) is 15.5. The van der Waals surface area contributed by atoms with Crippen LogP contribution in [-0.2, 0) is 9.53 Å². The first-order valence-corrected chi connectivity index (χ1v) is 7.58. The molecule has 1 aromatic carbocycles. The molecule has 0 fully saturated rings. The number of hydrogen-bond acceptors (Lipinski definition) is 4. The van der Waals surface area contributed by atoms with Gasteiger partial charge in [-0.1, -0.05) is 43.4 Å². The first-order valence-electron chi connectivity index (χ1n) is 7.58. The van der Waals surface area contributed by atoms with Crippen molar-refractivity contribution in [1.29, 1.82) is 0 Å². The van der Waals surface area contributed by atoms with Gasteiger partial charge in [0.25, 0.3) is 0 Å². The van der Waals surface area contributed by atoms with Crippen molar-refractivity contribution >= 4 is 22.4 Å². The quantitative estimate of drug-likeness (QED) is 0.460. The molecular weight excluding hydrogens is 290 g/mol. The van der Waals surface area contributed by atoms with Crippen molar-refractivity contribution in [1.82, 2.24) is 10.4 Å². The zero-order chi connectivity index (χ0) is 16.4. The van der Waals surface area contributed by atoms with Crippen LogP contribution in [0.1, 0.15) is 12.6 Å². The summed E-state index contributed by atoms with van der Waals surface area (Å²) in [4.78, 5) is 15.9. The maximum atomic E-state index is 12.5. The molecule has 5 heteroatoms. The fourth-order valence-electron chi connectivity index (χ4n) is 3.29. The van der Waals surface area contributed by atoms with Crippen LogP contribution < -0.4 is 11.3 Å². The predicted molar refractivity (Wildman–Crippen MR) is 91.2 cm³/mol. The highest BCUT2D eigenvalue weighted by molar-refractivity contribution is 5.93. The third kappa shape index (κ3) is 2.69. The Labute approximate surface area is 135 Å². The first-order chi connectivity index (χ1) is 11.1. The smallest absolute Gasteiger partial charge is 0.314 e. The van der Waals surface area contributed by atoms with Crippen LogP contribution in [0.3, 0.4) is 0 Å². The van der Waals surface area contributed by atoms with Crippen molar-refractivity contribution in [3.05, 3.63) is 54.3 Å². The molecule has 1 aliphatic carbocycles. The van der Waals surface area contributed by atoms with E-state index in [4.69, 9.17) is 10.6 Å². The van der Waals surface area contributed by atoms with E-state index in [2.05, 4.69) is 16.5 Å². The van der Waals surface area contributed by atoms with Crippen molar-refractivity contribution in [3.8, 4) is 0 Å². The zero-order valence-electron chi connectivity index (χ0n) is 13.3. The lowest BCUT2D eigenvalue weighted by atomic mass is 9.69. The SMILES string of the molecule is COC(=O)C1C(c2cc3ccccc3[nH]2)=CC=C[C@@]1(C)CNN. The fraction of sp³-hybridized carbons (Fsp3) is 0.278. The molecule has 2 atom stereocenters. The molecule has 23 heavy (non-hydrogen) atoms. The lowest BCUT2D eigenvalue weighted by Crippen LogP contribution is -2.44. The summed E-state index contributed by atoms with van der Waals surface area (Å²) >= 11 is 0. The molecule has 4 N–H and O–H groups in total. The summed E-state index contributed by atoms with van der Waals surface area (Å²) in [5.74, 6) is 4.83. The number of benzene rings is 1. The van der Waals surface area contributed by atoms with Crippen molar-refractivity contribution in [2.75, 3.05) is 13.7 Å². The van der Waals surface area contributed by atoms with E-state index in [0.29, 0.717) is 6.54 Å². The Balaban J connectivity index is 2.09. The van der Waals surface area contributed by atoms with Gasteiger partial charge >= 0.3 is 5.97 Å². The third-order valence-electron chi connectivity index (χ3n) is 4.48. The fourth-order valence-corrected chi connectivity index (χ4v) is 3.29. The van der Waals surface area contributed by atoms with Crippen LogP contribution in [0, 0.1) is 11.3 Å². The summed E-state index contributed by atoms with van der Waals surface area (Å²) < 4.78 is 5.06. The largest absolute Gasteiger partial charge is 0.469 e. The minimum Gasteiger partial charge on any atom is -0.469 e. The van der Waals surface area contributed by atoms with E-state index in [1.165, 1.54) is 7.11 Å². The molecule has 0 bridgehead atoms. The average Bonchev–Trinajstić information content (AvgIpc) is 2.97. The van der Waals surface area contributed by atoms with Gasteiger partial charge in [0.2, 0.25) is 0 Å². The second kappa shape index (κ2) is 6.02. The number of carbonyl (C=O) groups excluding carboxylic acids is 1. The number of allylic oxidation sites excluding steroid dienone is 2. The summed E-state index contributed by atoms with van der Waals surface area (Å²) in [6, 6.07) is 10.1. The van der Waals surface area contributed by atoms with Crippen LogP contribution in [0.4, 0.5) is 0 Å². The van der Waals surface area contributed by atoms with Gasteiger partial charge in [0.1, 0.15) is 0 Å². The number of fused-ring (bicyclic) bond motifs is 1. The molecule has 0 saturated carbocycles. The molecule has 5 nitrogen and oxygen atoms in total.